The van der Waals surface area contributed by atoms with Crippen molar-refractivity contribution in [3.05, 3.63) is 11.9 Å². The van der Waals surface area contributed by atoms with Gasteiger partial charge in [-0.1, -0.05) is 5.21 Å². The van der Waals surface area contributed by atoms with Gasteiger partial charge >= 0.3 is 5.97 Å². The van der Waals surface area contributed by atoms with Gasteiger partial charge in [-0.15, -0.1) is 5.10 Å². The van der Waals surface area contributed by atoms with Crippen molar-refractivity contribution in [3.63, 3.8) is 0 Å². The molecule has 0 saturated carbocycles. The van der Waals surface area contributed by atoms with Gasteiger partial charge in [0.05, 0.1) is 6.20 Å². The first-order chi connectivity index (χ1) is 6.77. The maximum atomic E-state index is 10.7. The maximum absolute atomic E-state index is 10.7. The van der Waals surface area contributed by atoms with Crippen LogP contribution >= 0.6 is 0 Å². The van der Waals surface area contributed by atoms with Crippen molar-refractivity contribution in [2.75, 3.05) is 13.1 Å². The zero-order valence-corrected chi connectivity index (χ0v) is 7.68. The quantitative estimate of drug-likeness (QED) is 0.686. The zero-order valence-electron chi connectivity index (χ0n) is 7.68. The summed E-state index contributed by atoms with van der Waals surface area (Å²) in [5.41, 5.74) is 0.164. The van der Waals surface area contributed by atoms with Gasteiger partial charge in [-0.25, -0.2) is 9.48 Å². The summed E-state index contributed by atoms with van der Waals surface area (Å²) in [7, 11) is 0. The molecule has 1 atom stereocenters. The molecule has 0 aliphatic carbocycles. The van der Waals surface area contributed by atoms with Crippen LogP contribution in [0.4, 0.5) is 0 Å². The number of carboxylic acid groups (broad SMARTS) is 1. The van der Waals surface area contributed by atoms with Crippen molar-refractivity contribution in [1.82, 2.24) is 20.3 Å². The second-order valence-electron chi connectivity index (χ2n) is 3.47. The van der Waals surface area contributed by atoms with Gasteiger partial charge in [-0.3, -0.25) is 0 Å². The topological polar surface area (TPSA) is 80.0 Å². The van der Waals surface area contributed by atoms with Crippen LogP contribution in [-0.4, -0.2) is 39.2 Å². The van der Waals surface area contributed by atoms with E-state index in [0.29, 0.717) is 12.5 Å². The highest BCUT2D eigenvalue weighted by Crippen LogP contribution is 2.10. The monoisotopic (exact) mass is 196 g/mol. The zero-order chi connectivity index (χ0) is 9.97. The van der Waals surface area contributed by atoms with Crippen LogP contribution in [0.3, 0.4) is 0 Å². The van der Waals surface area contributed by atoms with E-state index < -0.39 is 5.97 Å². The molecular formula is C8H12N4O2. The first-order valence-electron chi connectivity index (χ1n) is 4.60. The molecule has 6 heteroatoms. The number of aromatic carboxylic acids is 1. The van der Waals surface area contributed by atoms with Crippen LogP contribution in [0.2, 0.25) is 0 Å². The van der Waals surface area contributed by atoms with Crippen LogP contribution in [0, 0.1) is 5.92 Å². The molecule has 1 aromatic heterocycles. The molecule has 1 saturated heterocycles. The van der Waals surface area contributed by atoms with Gasteiger partial charge in [0, 0.05) is 6.54 Å². The number of hydrogen-bond acceptors (Lipinski definition) is 4. The highest BCUT2D eigenvalue weighted by molar-refractivity contribution is 5.85. The minimum absolute atomic E-state index is 0.164. The first kappa shape index (κ1) is 9.14. The predicted molar refractivity (Wildman–Crippen MR) is 48.0 cm³/mol. The number of carboxylic acids is 1. The third-order valence-electron chi connectivity index (χ3n) is 2.43. The largest absolute Gasteiger partial charge is 0.476 e. The fourth-order valence-corrected chi connectivity index (χ4v) is 1.67. The summed E-state index contributed by atoms with van der Waals surface area (Å²) in [5.74, 6) is -0.504. The van der Waals surface area contributed by atoms with E-state index in [-0.39, 0.29) is 5.69 Å². The van der Waals surface area contributed by atoms with Crippen molar-refractivity contribution >= 4 is 5.97 Å². The molecule has 76 valence electrons. The Morgan fingerprint density at radius 2 is 2.64 bits per heavy atom. The Morgan fingerprint density at radius 3 is 3.29 bits per heavy atom. The first-order valence-corrected chi connectivity index (χ1v) is 4.60. The summed E-state index contributed by atoms with van der Waals surface area (Å²) >= 11 is 0. The normalized spacial score (nSPS) is 21.3. The molecule has 1 aliphatic heterocycles. The Labute approximate surface area is 80.9 Å². The molecule has 14 heavy (non-hydrogen) atoms. The second-order valence-corrected chi connectivity index (χ2v) is 3.47. The standard InChI is InChI=1S/C8H12N4O2/c13-8(14)7-4-10-11-12(7)5-6-1-2-9-3-6/h4,6,9H,1-3,5H2,(H,13,14). The number of aromatic nitrogens is 3. The van der Waals surface area contributed by atoms with Crippen LogP contribution < -0.4 is 5.32 Å². The summed E-state index contributed by atoms with van der Waals surface area (Å²) in [6.07, 6.45) is 2.35. The molecule has 1 aliphatic rings. The van der Waals surface area contributed by atoms with E-state index in [2.05, 4.69) is 15.6 Å². The molecule has 2 N–H and O–H groups in total. The van der Waals surface area contributed by atoms with Crippen LogP contribution in [-0.2, 0) is 6.54 Å². The molecule has 1 fully saturated rings. The van der Waals surface area contributed by atoms with E-state index in [9.17, 15) is 4.79 Å². The van der Waals surface area contributed by atoms with Gasteiger partial charge in [-0.05, 0) is 25.4 Å². The Kier molecular flexibility index (Phi) is 2.45. The molecule has 2 rings (SSSR count). The Morgan fingerprint density at radius 1 is 1.79 bits per heavy atom. The maximum Gasteiger partial charge on any atom is 0.355 e. The van der Waals surface area contributed by atoms with E-state index in [1.165, 1.54) is 10.9 Å². The minimum Gasteiger partial charge on any atom is -0.476 e. The van der Waals surface area contributed by atoms with Crippen LogP contribution in [0.5, 0.6) is 0 Å². The second kappa shape index (κ2) is 3.75. The fourth-order valence-electron chi connectivity index (χ4n) is 1.67. The highest BCUT2D eigenvalue weighted by atomic mass is 16.4. The lowest BCUT2D eigenvalue weighted by molar-refractivity contribution is 0.0682. The number of nitrogens with one attached hydrogen (secondary N) is 1. The average molecular weight is 196 g/mol. The number of nitrogens with zero attached hydrogens (tertiary/aromatic N) is 3. The summed E-state index contributed by atoms with van der Waals surface area (Å²) < 4.78 is 1.46. The van der Waals surface area contributed by atoms with E-state index in [0.717, 1.165) is 19.5 Å². The number of hydrogen-bond donors (Lipinski definition) is 2. The van der Waals surface area contributed by atoms with Gasteiger partial charge < -0.3 is 10.4 Å². The molecule has 1 aromatic rings. The van der Waals surface area contributed by atoms with E-state index in [1.807, 2.05) is 0 Å². The highest BCUT2D eigenvalue weighted by Gasteiger charge is 2.19. The average Bonchev–Trinajstić information content (AvgIpc) is 2.75. The van der Waals surface area contributed by atoms with Crippen LogP contribution in [0.1, 0.15) is 16.9 Å². The molecular weight excluding hydrogens is 184 g/mol. The van der Waals surface area contributed by atoms with Crippen LogP contribution in [0.25, 0.3) is 0 Å². The van der Waals surface area contributed by atoms with Gasteiger partial charge in [0.2, 0.25) is 0 Å². The Bertz CT molecular complexity index is 330. The Balaban J connectivity index is 2.07. The number of carbonyl (C=O) groups is 1. The smallest absolute Gasteiger partial charge is 0.355 e. The van der Waals surface area contributed by atoms with Crippen LogP contribution in [0.15, 0.2) is 6.20 Å². The molecule has 2 heterocycles. The van der Waals surface area contributed by atoms with Crippen molar-refractivity contribution < 1.29 is 9.90 Å². The van der Waals surface area contributed by atoms with Gasteiger partial charge in [-0.2, -0.15) is 0 Å². The molecule has 0 aromatic carbocycles. The summed E-state index contributed by atoms with van der Waals surface area (Å²) in [6.45, 7) is 2.56. The predicted octanol–water partition coefficient (Wildman–Crippen LogP) is -0.414. The molecule has 0 amide bonds. The van der Waals surface area contributed by atoms with Crippen molar-refractivity contribution in [2.24, 2.45) is 5.92 Å². The third kappa shape index (κ3) is 1.74. The van der Waals surface area contributed by atoms with Gasteiger partial charge in [0.25, 0.3) is 0 Å². The summed E-state index contributed by atoms with van der Waals surface area (Å²) in [5, 5.41) is 19.4. The molecule has 1 unspecified atom stereocenters. The van der Waals surface area contributed by atoms with Gasteiger partial charge in [0.15, 0.2) is 5.69 Å². The van der Waals surface area contributed by atoms with E-state index in [1.54, 1.807) is 0 Å². The molecule has 6 nitrogen and oxygen atoms in total. The summed E-state index contributed by atoms with van der Waals surface area (Å²) in [6, 6.07) is 0. The van der Waals surface area contributed by atoms with Crippen molar-refractivity contribution in [1.29, 1.82) is 0 Å². The molecule has 0 bridgehead atoms. The van der Waals surface area contributed by atoms with Crippen molar-refractivity contribution in [3.8, 4) is 0 Å². The lowest BCUT2D eigenvalue weighted by Crippen LogP contribution is -2.18. The lowest BCUT2D eigenvalue weighted by atomic mass is 10.1. The number of rotatable bonds is 3. The lowest BCUT2D eigenvalue weighted by Gasteiger charge is -2.08. The van der Waals surface area contributed by atoms with Crippen molar-refractivity contribution in [2.45, 2.75) is 13.0 Å². The minimum atomic E-state index is -0.971. The Hall–Kier alpha value is -1.43. The van der Waals surface area contributed by atoms with Gasteiger partial charge in [0.1, 0.15) is 0 Å². The third-order valence-corrected chi connectivity index (χ3v) is 2.43. The molecule has 0 spiro atoms. The van der Waals surface area contributed by atoms with E-state index >= 15 is 0 Å². The fraction of sp³-hybridized carbons (Fsp3) is 0.625. The SMILES string of the molecule is O=C(O)c1cnnn1CC1CCNC1. The molecule has 0 radical (unpaired) electrons. The van der Waals surface area contributed by atoms with E-state index in [4.69, 9.17) is 5.11 Å². The summed E-state index contributed by atoms with van der Waals surface area (Å²) in [4.78, 5) is 10.7.